The van der Waals surface area contributed by atoms with E-state index in [0.29, 0.717) is 18.7 Å². The lowest BCUT2D eigenvalue weighted by Crippen LogP contribution is -2.52. The average Bonchev–Trinajstić information content (AvgIpc) is 2.40. The molecule has 0 spiro atoms. The number of hydrogen-bond donors (Lipinski definition) is 1. The number of morpholine rings is 1. The molecule has 2 unspecified atom stereocenters. The first-order chi connectivity index (χ1) is 9.04. The van der Waals surface area contributed by atoms with Crippen molar-refractivity contribution in [3.8, 4) is 5.75 Å². The number of hydrogen-bond acceptors (Lipinski definition) is 3. The molecule has 1 N–H and O–H groups in total. The van der Waals surface area contributed by atoms with Gasteiger partial charge in [0, 0.05) is 17.6 Å². The molecule has 2 atom stereocenters. The van der Waals surface area contributed by atoms with Gasteiger partial charge in [0.1, 0.15) is 5.75 Å². The number of rotatable bonds is 4. The van der Waals surface area contributed by atoms with E-state index >= 15 is 0 Å². The number of para-hydroxylation sites is 1. The van der Waals surface area contributed by atoms with E-state index in [9.17, 15) is 8.78 Å². The number of benzene rings is 1. The van der Waals surface area contributed by atoms with Crippen molar-refractivity contribution in [2.45, 2.75) is 38.5 Å². The fourth-order valence-corrected chi connectivity index (χ4v) is 2.11. The Balaban J connectivity index is 2.11. The fourth-order valence-electron chi connectivity index (χ4n) is 2.11. The van der Waals surface area contributed by atoms with Crippen molar-refractivity contribution in [2.75, 3.05) is 13.2 Å². The van der Waals surface area contributed by atoms with Gasteiger partial charge in [-0.1, -0.05) is 25.1 Å². The van der Waals surface area contributed by atoms with Crippen LogP contribution in [-0.4, -0.2) is 25.3 Å². The summed E-state index contributed by atoms with van der Waals surface area (Å²) < 4.78 is 35.1. The number of nitrogens with one attached hydrogen (secondary N) is 1. The van der Waals surface area contributed by atoms with Crippen LogP contribution in [0.2, 0.25) is 0 Å². The summed E-state index contributed by atoms with van der Waals surface area (Å²) in [6.07, 6.45) is 0.698. The molecule has 1 fully saturated rings. The molecule has 0 saturated carbocycles. The largest absolute Gasteiger partial charge is 0.434 e. The molecule has 1 saturated heterocycles. The van der Waals surface area contributed by atoms with E-state index < -0.39 is 6.61 Å². The summed E-state index contributed by atoms with van der Waals surface area (Å²) in [5, 5.41) is 3.41. The molecule has 3 nitrogen and oxygen atoms in total. The molecule has 1 aliphatic rings. The third-order valence-electron chi connectivity index (χ3n) is 3.58. The molecular formula is C14H19F2NO2. The second kappa shape index (κ2) is 5.84. The van der Waals surface area contributed by atoms with Gasteiger partial charge in [0.05, 0.1) is 12.7 Å². The van der Waals surface area contributed by atoms with Crippen LogP contribution in [0.3, 0.4) is 0 Å². The van der Waals surface area contributed by atoms with Crippen LogP contribution < -0.4 is 10.1 Å². The Morgan fingerprint density at radius 3 is 2.79 bits per heavy atom. The summed E-state index contributed by atoms with van der Waals surface area (Å²) >= 11 is 0. The van der Waals surface area contributed by atoms with Crippen LogP contribution >= 0.6 is 0 Å². The predicted octanol–water partition coefficient (Wildman–Crippen LogP) is 3.12. The maximum Gasteiger partial charge on any atom is 0.387 e. The van der Waals surface area contributed by atoms with E-state index in [-0.39, 0.29) is 17.4 Å². The van der Waals surface area contributed by atoms with Crippen LogP contribution in [0.5, 0.6) is 5.75 Å². The molecule has 1 aromatic rings. The highest BCUT2D eigenvalue weighted by atomic mass is 19.3. The van der Waals surface area contributed by atoms with Gasteiger partial charge in [-0.15, -0.1) is 0 Å². The first-order valence-corrected chi connectivity index (χ1v) is 6.44. The van der Waals surface area contributed by atoms with Gasteiger partial charge in [-0.2, -0.15) is 8.78 Å². The Morgan fingerprint density at radius 1 is 1.47 bits per heavy atom. The van der Waals surface area contributed by atoms with Gasteiger partial charge in [0.25, 0.3) is 0 Å². The zero-order valence-corrected chi connectivity index (χ0v) is 11.2. The molecule has 5 heteroatoms. The first kappa shape index (κ1) is 14.2. The topological polar surface area (TPSA) is 30.5 Å². The normalized spacial score (nSPS) is 27.5. The Hall–Kier alpha value is -1.20. The van der Waals surface area contributed by atoms with Crippen LogP contribution in [0.25, 0.3) is 0 Å². The second-order valence-electron chi connectivity index (χ2n) is 5.01. The van der Waals surface area contributed by atoms with Gasteiger partial charge in [0.2, 0.25) is 0 Å². The Morgan fingerprint density at radius 2 is 2.21 bits per heavy atom. The van der Waals surface area contributed by atoms with Gasteiger partial charge >= 0.3 is 6.61 Å². The lowest BCUT2D eigenvalue weighted by Gasteiger charge is -2.38. The van der Waals surface area contributed by atoms with Crippen LogP contribution in [0.4, 0.5) is 8.78 Å². The summed E-state index contributed by atoms with van der Waals surface area (Å²) in [5.41, 5.74) is 0.614. The Kier molecular flexibility index (Phi) is 4.37. The van der Waals surface area contributed by atoms with Crippen LogP contribution in [0, 0.1) is 0 Å². The van der Waals surface area contributed by atoms with Crippen molar-refractivity contribution in [3.05, 3.63) is 29.8 Å². The molecule has 1 aromatic carbocycles. The fraction of sp³-hybridized carbons (Fsp3) is 0.571. The van der Waals surface area contributed by atoms with Crippen molar-refractivity contribution in [1.29, 1.82) is 0 Å². The van der Waals surface area contributed by atoms with Crippen molar-refractivity contribution >= 4 is 0 Å². The molecule has 2 rings (SSSR count). The lowest BCUT2D eigenvalue weighted by atomic mass is 9.96. The van der Waals surface area contributed by atoms with Crippen LogP contribution in [-0.2, 0) is 4.74 Å². The van der Waals surface area contributed by atoms with Gasteiger partial charge in [-0.05, 0) is 19.4 Å². The minimum Gasteiger partial charge on any atom is -0.434 e. The summed E-state index contributed by atoms with van der Waals surface area (Å²) in [5.74, 6) is 0.185. The number of alkyl halides is 2. The van der Waals surface area contributed by atoms with Crippen LogP contribution in [0.15, 0.2) is 24.3 Å². The molecular weight excluding hydrogens is 252 g/mol. The van der Waals surface area contributed by atoms with Crippen molar-refractivity contribution in [1.82, 2.24) is 5.32 Å². The quantitative estimate of drug-likeness (QED) is 0.912. The lowest BCUT2D eigenvalue weighted by molar-refractivity contribution is -0.0580. The molecule has 0 amide bonds. The average molecular weight is 271 g/mol. The van der Waals surface area contributed by atoms with Crippen LogP contribution in [0.1, 0.15) is 31.9 Å². The minimum atomic E-state index is -2.82. The highest BCUT2D eigenvalue weighted by Gasteiger charge is 2.31. The maximum atomic E-state index is 12.4. The highest BCUT2D eigenvalue weighted by Crippen LogP contribution is 2.32. The zero-order chi connectivity index (χ0) is 13.9. The summed E-state index contributed by atoms with van der Waals surface area (Å²) in [4.78, 5) is 0. The van der Waals surface area contributed by atoms with Gasteiger partial charge in [-0.3, -0.25) is 0 Å². The molecule has 0 radical (unpaired) electrons. The number of ether oxygens (including phenoxy) is 2. The van der Waals surface area contributed by atoms with E-state index in [1.54, 1.807) is 24.3 Å². The minimum absolute atomic E-state index is 0.0466. The van der Waals surface area contributed by atoms with E-state index in [4.69, 9.17) is 4.74 Å². The summed E-state index contributed by atoms with van der Waals surface area (Å²) in [6, 6.07) is 6.77. The van der Waals surface area contributed by atoms with Gasteiger partial charge in [0.15, 0.2) is 0 Å². The molecule has 1 heterocycles. The van der Waals surface area contributed by atoms with E-state index in [2.05, 4.69) is 23.9 Å². The van der Waals surface area contributed by atoms with Crippen molar-refractivity contribution in [3.63, 3.8) is 0 Å². The molecule has 0 aromatic heterocycles. The number of halogens is 2. The summed E-state index contributed by atoms with van der Waals surface area (Å²) in [7, 11) is 0. The second-order valence-corrected chi connectivity index (χ2v) is 5.01. The monoisotopic (exact) mass is 271 g/mol. The molecule has 0 aliphatic carbocycles. The Labute approximate surface area is 111 Å². The van der Waals surface area contributed by atoms with Crippen molar-refractivity contribution in [2.24, 2.45) is 0 Å². The smallest absolute Gasteiger partial charge is 0.387 e. The molecule has 0 bridgehead atoms. The SMILES string of the molecule is CCC1(C)COC(c2ccccc2OC(F)F)CN1. The third kappa shape index (κ3) is 3.42. The van der Waals surface area contributed by atoms with Gasteiger partial charge in [-0.25, -0.2) is 0 Å². The zero-order valence-electron chi connectivity index (χ0n) is 11.2. The highest BCUT2D eigenvalue weighted by molar-refractivity contribution is 5.35. The summed E-state index contributed by atoms with van der Waals surface area (Å²) in [6.45, 7) is 2.50. The van der Waals surface area contributed by atoms with Crippen molar-refractivity contribution < 1.29 is 18.3 Å². The predicted molar refractivity (Wildman–Crippen MR) is 68.5 cm³/mol. The van der Waals surface area contributed by atoms with E-state index in [1.165, 1.54) is 0 Å². The van der Waals surface area contributed by atoms with E-state index in [0.717, 1.165) is 6.42 Å². The molecule has 106 valence electrons. The molecule has 19 heavy (non-hydrogen) atoms. The van der Waals surface area contributed by atoms with Gasteiger partial charge < -0.3 is 14.8 Å². The first-order valence-electron chi connectivity index (χ1n) is 6.44. The third-order valence-corrected chi connectivity index (χ3v) is 3.58. The Bertz CT molecular complexity index is 418. The standard InChI is InChI=1S/C14H19F2NO2/c1-3-14(2)9-18-12(8-17-14)10-6-4-5-7-11(10)19-13(15)16/h4-7,12-13,17H,3,8-9H2,1-2H3. The molecule has 1 aliphatic heterocycles. The van der Waals surface area contributed by atoms with E-state index in [1.807, 2.05) is 0 Å². The maximum absolute atomic E-state index is 12.4.